The molecule has 0 saturated carbocycles. The van der Waals surface area contributed by atoms with Crippen molar-refractivity contribution in [1.29, 1.82) is 0 Å². The highest BCUT2D eigenvalue weighted by molar-refractivity contribution is 6.46. The highest BCUT2D eigenvalue weighted by atomic mass is 16.5. The third kappa shape index (κ3) is 4.07. The van der Waals surface area contributed by atoms with Crippen LogP contribution in [-0.4, -0.2) is 25.5 Å². The molecule has 0 saturated heterocycles. The molecule has 1 aliphatic heterocycles. The van der Waals surface area contributed by atoms with Gasteiger partial charge >= 0.3 is 0 Å². The summed E-state index contributed by atoms with van der Waals surface area (Å²) in [6.45, 7) is 4.45. The zero-order chi connectivity index (χ0) is 22.7. The quantitative estimate of drug-likeness (QED) is 0.548. The van der Waals surface area contributed by atoms with Crippen molar-refractivity contribution in [2.45, 2.75) is 13.8 Å². The molecule has 0 atom stereocenters. The zero-order valence-electron chi connectivity index (χ0n) is 18.2. The van der Waals surface area contributed by atoms with Crippen LogP contribution in [-0.2, 0) is 9.59 Å². The molecular weight excluding hydrogens is 404 g/mol. The summed E-state index contributed by atoms with van der Waals surface area (Å²) in [4.78, 5) is 28.1. The fourth-order valence-corrected chi connectivity index (χ4v) is 3.55. The van der Waals surface area contributed by atoms with Gasteiger partial charge in [0.05, 0.1) is 25.0 Å². The molecule has 0 unspecified atom stereocenters. The molecule has 1 aliphatic rings. The first kappa shape index (κ1) is 21.2. The molecule has 4 rings (SSSR count). The number of imide groups is 1. The molecule has 0 fully saturated rings. The molecule has 0 bridgehead atoms. The van der Waals surface area contributed by atoms with Gasteiger partial charge in [-0.1, -0.05) is 29.8 Å². The summed E-state index contributed by atoms with van der Waals surface area (Å²) >= 11 is 0. The second kappa shape index (κ2) is 8.98. The van der Waals surface area contributed by atoms with Crippen molar-refractivity contribution in [2.75, 3.05) is 23.9 Å². The van der Waals surface area contributed by atoms with E-state index in [2.05, 4.69) is 5.32 Å². The Balaban J connectivity index is 1.76. The van der Waals surface area contributed by atoms with E-state index in [1.807, 2.05) is 38.1 Å². The van der Waals surface area contributed by atoms with Crippen molar-refractivity contribution in [3.05, 3.63) is 89.6 Å². The van der Waals surface area contributed by atoms with E-state index in [1.165, 1.54) is 4.90 Å². The standard InChI is InChI=1S/C26H24N2O4/c1-4-32-22-13-7-18(8-14-22)23-24(27-19-9-5-17(2)6-10-19)26(30)28(25(23)29)20-11-15-21(31-3)16-12-20/h5-16,27H,4H2,1-3H3. The second-order valence-electron chi connectivity index (χ2n) is 7.34. The normalized spacial score (nSPS) is 13.5. The largest absolute Gasteiger partial charge is 0.497 e. The van der Waals surface area contributed by atoms with E-state index in [0.717, 1.165) is 11.3 Å². The molecule has 0 aliphatic carbocycles. The van der Waals surface area contributed by atoms with Gasteiger partial charge in [0, 0.05) is 5.69 Å². The Morgan fingerprint density at radius 1 is 0.812 bits per heavy atom. The van der Waals surface area contributed by atoms with Crippen LogP contribution in [0.4, 0.5) is 11.4 Å². The fourth-order valence-electron chi connectivity index (χ4n) is 3.55. The number of aryl methyl sites for hydroxylation is 1. The van der Waals surface area contributed by atoms with Crippen LogP contribution in [0.1, 0.15) is 18.1 Å². The molecule has 162 valence electrons. The van der Waals surface area contributed by atoms with Gasteiger partial charge in [-0.05, 0) is 67.9 Å². The Morgan fingerprint density at radius 3 is 2.03 bits per heavy atom. The molecule has 1 N–H and O–H groups in total. The van der Waals surface area contributed by atoms with Gasteiger partial charge in [0.15, 0.2) is 0 Å². The summed E-state index contributed by atoms with van der Waals surface area (Å²) in [6.07, 6.45) is 0. The van der Waals surface area contributed by atoms with E-state index in [4.69, 9.17) is 9.47 Å². The molecule has 0 radical (unpaired) electrons. The molecule has 0 aromatic heterocycles. The van der Waals surface area contributed by atoms with Crippen LogP contribution < -0.4 is 19.7 Å². The maximum Gasteiger partial charge on any atom is 0.282 e. The van der Waals surface area contributed by atoms with Crippen molar-refractivity contribution in [2.24, 2.45) is 0 Å². The minimum absolute atomic E-state index is 0.235. The van der Waals surface area contributed by atoms with Crippen molar-refractivity contribution in [3.8, 4) is 11.5 Å². The summed E-state index contributed by atoms with van der Waals surface area (Å²) in [5.41, 5.74) is 3.49. The Hall–Kier alpha value is -4.06. The van der Waals surface area contributed by atoms with Gasteiger partial charge in [-0.15, -0.1) is 0 Å². The van der Waals surface area contributed by atoms with E-state index < -0.39 is 5.91 Å². The molecule has 32 heavy (non-hydrogen) atoms. The smallest absolute Gasteiger partial charge is 0.282 e. The van der Waals surface area contributed by atoms with Gasteiger partial charge in [-0.3, -0.25) is 9.59 Å². The third-order valence-electron chi connectivity index (χ3n) is 5.19. The SMILES string of the molecule is CCOc1ccc(C2=C(Nc3ccc(C)cc3)C(=O)N(c3ccc(OC)cc3)C2=O)cc1. The first-order valence-electron chi connectivity index (χ1n) is 10.4. The molecule has 3 aromatic rings. The van der Waals surface area contributed by atoms with E-state index in [9.17, 15) is 9.59 Å². The predicted molar refractivity (Wildman–Crippen MR) is 125 cm³/mol. The van der Waals surface area contributed by atoms with Crippen LogP contribution in [0.25, 0.3) is 5.57 Å². The second-order valence-corrected chi connectivity index (χ2v) is 7.34. The maximum atomic E-state index is 13.5. The van der Waals surface area contributed by atoms with Crippen LogP contribution >= 0.6 is 0 Å². The lowest BCUT2D eigenvalue weighted by Gasteiger charge is -2.16. The lowest BCUT2D eigenvalue weighted by Crippen LogP contribution is -2.32. The number of hydrogen-bond donors (Lipinski definition) is 1. The van der Waals surface area contributed by atoms with Crippen LogP contribution in [0.5, 0.6) is 11.5 Å². The first-order chi connectivity index (χ1) is 15.5. The van der Waals surface area contributed by atoms with Crippen molar-refractivity contribution < 1.29 is 19.1 Å². The average Bonchev–Trinajstić information content (AvgIpc) is 3.05. The number of benzene rings is 3. The molecular formula is C26H24N2O4. The van der Waals surface area contributed by atoms with E-state index in [-0.39, 0.29) is 11.6 Å². The molecule has 3 aromatic carbocycles. The Labute approximate surface area is 187 Å². The number of nitrogens with zero attached hydrogens (tertiary/aromatic N) is 1. The molecule has 0 spiro atoms. The molecule has 1 heterocycles. The highest BCUT2D eigenvalue weighted by Crippen LogP contribution is 2.35. The Bertz CT molecular complexity index is 1160. The van der Waals surface area contributed by atoms with Crippen LogP contribution in [0, 0.1) is 6.92 Å². The first-order valence-corrected chi connectivity index (χ1v) is 10.4. The Kier molecular flexibility index (Phi) is 5.94. The lowest BCUT2D eigenvalue weighted by molar-refractivity contribution is -0.120. The topological polar surface area (TPSA) is 67.9 Å². The Morgan fingerprint density at radius 2 is 1.44 bits per heavy atom. The van der Waals surface area contributed by atoms with Gasteiger partial charge in [0.2, 0.25) is 0 Å². The summed E-state index contributed by atoms with van der Waals surface area (Å²) < 4.78 is 10.7. The molecule has 6 heteroatoms. The number of carbonyl (C=O) groups excluding carboxylic acids is 2. The van der Waals surface area contributed by atoms with E-state index in [0.29, 0.717) is 34.9 Å². The van der Waals surface area contributed by atoms with Crippen molar-refractivity contribution in [1.82, 2.24) is 0 Å². The number of rotatable bonds is 7. The van der Waals surface area contributed by atoms with E-state index >= 15 is 0 Å². The van der Waals surface area contributed by atoms with Crippen LogP contribution in [0.3, 0.4) is 0 Å². The van der Waals surface area contributed by atoms with Gasteiger partial charge in [0.1, 0.15) is 17.2 Å². The monoisotopic (exact) mass is 428 g/mol. The van der Waals surface area contributed by atoms with Crippen molar-refractivity contribution in [3.63, 3.8) is 0 Å². The summed E-state index contributed by atoms with van der Waals surface area (Å²) in [5.74, 6) is 0.544. The number of amides is 2. The van der Waals surface area contributed by atoms with E-state index in [1.54, 1.807) is 55.6 Å². The van der Waals surface area contributed by atoms with Gasteiger partial charge in [-0.25, -0.2) is 4.90 Å². The number of ether oxygens (including phenoxy) is 2. The number of methoxy groups -OCH3 is 1. The molecule has 6 nitrogen and oxygen atoms in total. The summed E-state index contributed by atoms with van der Waals surface area (Å²) in [6, 6.07) is 21.7. The fraction of sp³-hybridized carbons (Fsp3) is 0.154. The lowest BCUT2D eigenvalue weighted by atomic mass is 10.0. The highest BCUT2D eigenvalue weighted by Gasteiger charge is 2.40. The number of nitrogens with one attached hydrogen (secondary N) is 1. The van der Waals surface area contributed by atoms with Gasteiger partial charge in [-0.2, -0.15) is 0 Å². The van der Waals surface area contributed by atoms with Crippen LogP contribution in [0.2, 0.25) is 0 Å². The van der Waals surface area contributed by atoms with Gasteiger partial charge in [0.25, 0.3) is 11.8 Å². The summed E-state index contributed by atoms with van der Waals surface area (Å²) in [5, 5.41) is 3.17. The van der Waals surface area contributed by atoms with Gasteiger partial charge < -0.3 is 14.8 Å². The zero-order valence-corrected chi connectivity index (χ0v) is 18.2. The van der Waals surface area contributed by atoms with Crippen molar-refractivity contribution >= 4 is 28.8 Å². The number of hydrogen-bond acceptors (Lipinski definition) is 5. The number of anilines is 2. The average molecular weight is 428 g/mol. The maximum absolute atomic E-state index is 13.5. The number of carbonyl (C=O) groups is 2. The minimum atomic E-state index is -0.412. The predicted octanol–water partition coefficient (Wildman–Crippen LogP) is 4.80. The minimum Gasteiger partial charge on any atom is -0.497 e. The molecule has 2 amide bonds. The van der Waals surface area contributed by atoms with Crippen LogP contribution in [0.15, 0.2) is 78.5 Å². The summed E-state index contributed by atoms with van der Waals surface area (Å²) in [7, 11) is 1.57. The third-order valence-corrected chi connectivity index (χ3v) is 5.19.